The molecule has 4 nitrogen and oxygen atoms in total. The maximum absolute atomic E-state index is 12.4. The van der Waals surface area contributed by atoms with Gasteiger partial charge in [-0.15, -0.1) is 0 Å². The lowest BCUT2D eigenvalue weighted by Crippen LogP contribution is -2.29. The van der Waals surface area contributed by atoms with E-state index < -0.39 is 16.1 Å². The summed E-state index contributed by atoms with van der Waals surface area (Å²) in [5.74, 6) is 0. The Morgan fingerprint density at radius 2 is 1.78 bits per heavy atom. The van der Waals surface area contributed by atoms with Crippen LogP contribution in [0, 0.1) is 0 Å². The van der Waals surface area contributed by atoms with E-state index in [0.29, 0.717) is 10.6 Å². The fourth-order valence-electron chi connectivity index (χ4n) is 2.00. The van der Waals surface area contributed by atoms with Gasteiger partial charge in [0.2, 0.25) is 10.0 Å². The van der Waals surface area contributed by atoms with Crippen LogP contribution in [-0.2, 0) is 14.8 Å². The highest BCUT2D eigenvalue weighted by atomic mass is 35.5. The normalized spacial score (nSPS) is 13.0. The van der Waals surface area contributed by atoms with Crippen molar-refractivity contribution in [2.75, 3.05) is 13.7 Å². The summed E-state index contributed by atoms with van der Waals surface area (Å²) in [7, 11) is -2.35. The molecule has 1 atom stereocenters. The Morgan fingerprint density at radius 3 is 2.43 bits per heavy atom. The van der Waals surface area contributed by atoms with Crippen LogP contribution in [0.2, 0.25) is 15.1 Å². The van der Waals surface area contributed by atoms with Crippen LogP contribution in [0.4, 0.5) is 0 Å². The number of hydrogen-bond donors (Lipinski definition) is 1. The van der Waals surface area contributed by atoms with E-state index in [1.54, 1.807) is 24.3 Å². The topological polar surface area (TPSA) is 55.4 Å². The maximum Gasteiger partial charge on any atom is 0.242 e. The molecule has 2 aromatic carbocycles. The zero-order chi connectivity index (χ0) is 17.0. The fourth-order valence-corrected chi connectivity index (χ4v) is 4.05. The van der Waals surface area contributed by atoms with Gasteiger partial charge < -0.3 is 4.74 Å². The van der Waals surface area contributed by atoms with E-state index in [1.807, 2.05) is 0 Å². The molecule has 0 aliphatic carbocycles. The third kappa shape index (κ3) is 4.59. The van der Waals surface area contributed by atoms with Crippen molar-refractivity contribution in [2.45, 2.75) is 11.0 Å². The first kappa shape index (κ1) is 18.5. The molecule has 0 fully saturated rings. The maximum atomic E-state index is 12.4. The lowest BCUT2D eigenvalue weighted by Gasteiger charge is -2.18. The van der Waals surface area contributed by atoms with E-state index in [1.165, 1.54) is 25.3 Å². The molecular weight excluding hydrogens is 381 g/mol. The number of rotatable bonds is 6. The van der Waals surface area contributed by atoms with Crippen molar-refractivity contribution in [1.82, 2.24) is 4.72 Å². The lowest BCUT2D eigenvalue weighted by atomic mass is 10.1. The minimum Gasteiger partial charge on any atom is -0.375 e. The van der Waals surface area contributed by atoms with E-state index in [0.717, 1.165) is 0 Å². The first-order chi connectivity index (χ1) is 10.8. The number of nitrogens with one attached hydrogen (secondary N) is 1. The second-order valence-electron chi connectivity index (χ2n) is 4.67. The number of halogens is 3. The van der Waals surface area contributed by atoms with Gasteiger partial charge >= 0.3 is 0 Å². The predicted molar refractivity (Wildman–Crippen MR) is 92.9 cm³/mol. The Balaban J connectivity index is 2.21. The zero-order valence-electron chi connectivity index (χ0n) is 12.1. The summed E-state index contributed by atoms with van der Waals surface area (Å²) >= 11 is 17.9. The predicted octanol–water partition coefficient (Wildman–Crippen LogP) is 4.31. The van der Waals surface area contributed by atoms with Crippen LogP contribution in [0.15, 0.2) is 47.4 Å². The van der Waals surface area contributed by atoms with Gasteiger partial charge in [0.05, 0.1) is 11.1 Å². The van der Waals surface area contributed by atoms with Gasteiger partial charge in [0.25, 0.3) is 0 Å². The molecule has 8 heteroatoms. The number of benzene rings is 2. The van der Waals surface area contributed by atoms with E-state index in [-0.39, 0.29) is 21.5 Å². The molecule has 1 unspecified atom stereocenters. The molecule has 0 heterocycles. The third-order valence-electron chi connectivity index (χ3n) is 3.18. The van der Waals surface area contributed by atoms with E-state index in [2.05, 4.69) is 4.72 Å². The average Bonchev–Trinajstić information content (AvgIpc) is 2.51. The Morgan fingerprint density at radius 1 is 1.09 bits per heavy atom. The van der Waals surface area contributed by atoms with Crippen LogP contribution < -0.4 is 4.72 Å². The standard InChI is InChI=1S/C15H14Cl3NO3S/c1-22-14(11-4-2-3-5-12(11)17)9-19-23(20,21)15-8-10(16)6-7-13(15)18/h2-8,14,19H,9H2,1H3. The van der Waals surface area contributed by atoms with Gasteiger partial charge in [0.1, 0.15) is 4.90 Å². The SMILES string of the molecule is COC(CNS(=O)(=O)c1cc(Cl)ccc1Cl)c1ccccc1Cl. The molecule has 2 aromatic rings. The minimum atomic E-state index is -3.83. The Labute approximate surface area is 150 Å². The van der Waals surface area contributed by atoms with Crippen LogP contribution in [0.3, 0.4) is 0 Å². The molecule has 0 saturated heterocycles. The van der Waals surface area contributed by atoms with E-state index in [9.17, 15) is 8.42 Å². The summed E-state index contributed by atoms with van der Waals surface area (Å²) in [6, 6.07) is 11.3. The van der Waals surface area contributed by atoms with Crippen molar-refractivity contribution in [3.63, 3.8) is 0 Å². The smallest absolute Gasteiger partial charge is 0.242 e. The van der Waals surface area contributed by atoms with Crippen molar-refractivity contribution < 1.29 is 13.2 Å². The second kappa shape index (κ2) is 7.83. The first-order valence-electron chi connectivity index (χ1n) is 6.57. The van der Waals surface area contributed by atoms with Crippen molar-refractivity contribution in [3.8, 4) is 0 Å². The van der Waals surface area contributed by atoms with Crippen molar-refractivity contribution in [3.05, 3.63) is 63.1 Å². The van der Waals surface area contributed by atoms with Crippen LogP contribution >= 0.6 is 34.8 Å². The summed E-state index contributed by atoms with van der Waals surface area (Å²) < 4.78 is 32.6. The van der Waals surface area contributed by atoms with Gasteiger partial charge in [0.15, 0.2) is 0 Å². The average molecular weight is 395 g/mol. The highest BCUT2D eigenvalue weighted by Crippen LogP contribution is 2.27. The van der Waals surface area contributed by atoms with Crippen molar-refractivity contribution >= 4 is 44.8 Å². The van der Waals surface area contributed by atoms with Gasteiger partial charge in [-0.1, -0.05) is 53.0 Å². The third-order valence-corrected chi connectivity index (χ3v) is 5.66. The van der Waals surface area contributed by atoms with Crippen molar-refractivity contribution in [2.24, 2.45) is 0 Å². The lowest BCUT2D eigenvalue weighted by molar-refractivity contribution is 0.107. The highest BCUT2D eigenvalue weighted by Gasteiger charge is 2.21. The van der Waals surface area contributed by atoms with Gasteiger partial charge in [-0.25, -0.2) is 13.1 Å². The highest BCUT2D eigenvalue weighted by molar-refractivity contribution is 7.89. The summed E-state index contributed by atoms with van der Waals surface area (Å²) in [4.78, 5) is -0.0827. The van der Waals surface area contributed by atoms with E-state index in [4.69, 9.17) is 39.5 Å². The Hall–Kier alpha value is -0.820. The zero-order valence-corrected chi connectivity index (χ0v) is 15.2. The van der Waals surface area contributed by atoms with Crippen LogP contribution in [0.1, 0.15) is 11.7 Å². The molecule has 0 saturated carbocycles. The minimum absolute atomic E-state index is 0.00537. The quantitative estimate of drug-likeness (QED) is 0.794. The Kier molecular flexibility index (Phi) is 6.31. The molecule has 23 heavy (non-hydrogen) atoms. The number of methoxy groups -OCH3 is 1. The van der Waals surface area contributed by atoms with Gasteiger partial charge in [-0.05, 0) is 24.3 Å². The van der Waals surface area contributed by atoms with Gasteiger partial charge in [0, 0.05) is 29.3 Å². The number of ether oxygens (including phenoxy) is 1. The largest absolute Gasteiger partial charge is 0.375 e. The van der Waals surface area contributed by atoms with Gasteiger partial charge in [-0.3, -0.25) is 0 Å². The molecular formula is C15H14Cl3NO3S. The molecule has 0 spiro atoms. The molecule has 0 aromatic heterocycles. The molecule has 0 radical (unpaired) electrons. The summed E-state index contributed by atoms with van der Waals surface area (Å²) in [6.45, 7) is 0.00537. The van der Waals surface area contributed by atoms with Crippen LogP contribution in [0.25, 0.3) is 0 Å². The molecule has 124 valence electrons. The fraction of sp³-hybridized carbons (Fsp3) is 0.200. The van der Waals surface area contributed by atoms with Crippen LogP contribution in [0.5, 0.6) is 0 Å². The number of hydrogen-bond acceptors (Lipinski definition) is 3. The summed E-state index contributed by atoms with van der Waals surface area (Å²) in [5, 5.41) is 0.872. The number of sulfonamides is 1. The first-order valence-corrected chi connectivity index (χ1v) is 9.19. The summed E-state index contributed by atoms with van der Waals surface area (Å²) in [5.41, 5.74) is 0.691. The monoisotopic (exact) mass is 393 g/mol. The molecule has 0 aliphatic heterocycles. The summed E-state index contributed by atoms with van der Waals surface area (Å²) in [6.07, 6.45) is -0.531. The molecule has 0 bridgehead atoms. The molecule has 2 rings (SSSR count). The van der Waals surface area contributed by atoms with Crippen LogP contribution in [-0.4, -0.2) is 22.1 Å². The second-order valence-corrected chi connectivity index (χ2v) is 7.66. The molecule has 0 amide bonds. The Bertz CT molecular complexity index is 796. The van der Waals surface area contributed by atoms with E-state index >= 15 is 0 Å². The molecule has 1 N–H and O–H groups in total. The molecule has 0 aliphatic rings. The van der Waals surface area contributed by atoms with Gasteiger partial charge in [-0.2, -0.15) is 0 Å². The van der Waals surface area contributed by atoms with Crippen molar-refractivity contribution in [1.29, 1.82) is 0 Å².